The van der Waals surface area contributed by atoms with Crippen LogP contribution in [0.15, 0.2) is 87.9 Å². The lowest BCUT2D eigenvalue weighted by Gasteiger charge is -2.39. The minimum absolute atomic E-state index is 0.483. The molecule has 4 rings (SSSR count). The molecule has 1 fully saturated rings. The van der Waals surface area contributed by atoms with Gasteiger partial charge in [0.25, 0.3) is 0 Å². The Bertz CT molecular complexity index is 890. The second kappa shape index (κ2) is 9.81. The zero-order valence-electron chi connectivity index (χ0n) is 16.3. The van der Waals surface area contributed by atoms with E-state index in [9.17, 15) is 0 Å². The standard InChI is InChI=1S/C26H25Br2Cl/c27-22-9-3-1-2-8-18(17-22)19-14-20(23-10-4-6-12-25(23)28)16-21(15-19)24-11-5-7-13-26(24)29/h1-13,18-21H,14-17H2/b3-1-,8-2?,22-9+. The molecule has 0 nitrogen and oxygen atoms in total. The van der Waals surface area contributed by atoms with Crippen molar-refractivity contribution in [3.05, 3.63) is 104 Å². The van der Waals surface area contributed by atoms with Crippen LogP contribution in [-0.4, -0.2) is 0 Å². The van der Waals surface area contributed by atoms with Crippen molar-refractivity contribution >= 4 is 43.5 Å². The molecule has 0 radical (unpaired) electrons. The van der Waals surface area contributed by atoms with Crippen molar-refractivity contribution in [1.82, 2.24) is 0 Å². The largest absolute Gasteiger partial charge is 0.0840 e. The normalized spacial score (nSPS) is 30.1. The minimum atomic E-state index is 0.483. The van der Waals surface area contributed by atoms with Crippen LogP contribution in [0.2, 0.25) is 5.02 Å². The van der Waals surface area contributed by atoms with Gasteiger partial charge in [0.2, 0.25) is 0 Å². The van der Waals surface area contributed by atoms with E-state index in [1.807, 2.05) is 12.1 Å². The first-order chi connectivity index (χ1) is 14.1. The highest BCUT2D eigenvalue weighted by Crippen LogP contribution is 2.50. The number of allylic oxidation sites excluding steroid dienone is 6. The SMILES string of the molecule is Clc1ccccc1C1CC(c2ccccc2Br)CC(C2C=C/C=C\C=C(\Br)C2)C1. The summed E-state index contributed by atoms with van der Waals surface area (Å²) in [5.41, 5.74) is 2.74. The van der Waals surface area contributed by atoms with Crippen molar-refractivity contribution in [2.45, 2.75) is 37.5 Å². The van der Waals surface area contributed by atoms with Crippen LogP contribution >= 0.6 is 43.5 Å². The molecule has 150 valence electrons. The van der Waals surface area contributed by atoms with Gasteiger partial charge in [0.05, 0.1) is 0 Å². The molecule has 3 heteroatoms. The van der Waals surface area contributed by atoms with E-state index >= 15 is 0 Å². The maximum Gasteiger partial charge on any atom is 0.0440 e. The molecule has 2 aliphatic carbocycles. The molecule has 29 heavy (non-hydrogen) atoms. The fourth-order valence-corrected chi connectivity index (χ4v) is 6.37. The van der Waals surface area contributed by atoms with Crippen LogP contribution in [0.5, 0.6) is 0 Å². The van der Waals surface area contributed by atoms with Crippen LogP contribution in [-0.2, 0) is 0 Å². The summed E-state index contributed by atoms with van der Waals surface area (Å²) < 4.78 is 2.50. The van der Waals surface area contributed by atoms with E-state index in [4.69, 9.17) is 11.6 Å². The number of hydrogen-bond donors (Lipinski definition) is 0. The van der Waals surface area contributed by atoms with Gasteiger partial charge >= 0.3 is 0 Å². The van der Waals surface area contributed by atoms with Gasteiger partial charge in [-0.1, -0.05) is 110 Å². The van der Waals surface area contributed by atoms with Crippen molar-refractivity contribution in [1.29, 1.82) is 0 Å². The molecule has 4 atom stereocenters. The molecule has 0 amide bonds. The molecule has 2 aromatic carbocycles. The lowest BCUT2D eigenvalue weighted by atomic mass is 9.66. The molecule has 4 unspecified atom stereocenters. The third-order valence-corrected chi connectivity index (χ3v) is 7.98. The molecular formula is C26H25Br2Cl. The average molecular weight is 533 g/mol. The Morgan fingerprint density at radius 3 is 2.21 bits per heavy atom. The van der Waals surface area contributed by atoms with Gasteiger partial charge in [-0.2, -0.15) is 0 Å². The Hall–Kier alpha value is -1.09. The second-order valence-electron chi connectivity index (χ2n) is 8.16. The first-order valence-electron chi connectivity index (χ1n) is 10.3. The molecule has 0 aromatic heterocycles. The third-order valence-electron chi connectivity index (χ3n) is 6.33. The highest BCUT2D eigenvalue weighted by atomic mass is 79.9. The molecule has 0 N–H and O–H groups in total. The summed E-state index contributed by atoms with van der Waals surface area (Å²) in [6, 6.07) is 17.1. The Kier molecular flexibility index (Phi) is 7.16. The van der Waals surface area contributed by atoms with E-state index in [0.29, 0.717) is 23.7 Å². The van der Waals surface area contributed by atoms with Crippen LogP contribution in [0.25, 0.3) is 0 Å². The fourth-order valence-electron chi connectivity index (χ4n) is 4.95. The Morgan fingerprint density at radius 2 is 1.45 bits per heavy atom. The Labute approximate surface area is 196 Å². The molecule has 0 bridgehead atoms. The van der Waals surface area contributed by atoms with E-state index < -0.39 is 0 Å². The highest BCUT2D eigenvalue weighted by molar-refractivity contribution is 9.11. The predicted molar refractivity (Wildman–Crippen MR) is 132 cm³/mol. The Morgan fingerprint density at radius 1 is 0.759 bits per heavy atom. The van der Waals surface area contributed by atoms with Crippen molar-refractivity contribution in [2.75, 3.05) is 0 Å². The number of benzene rings is 2. The summed E-state index contributed by atoms with van der Waals surface area (Å²) in [6.45, 7) is 0. The van der Waals surface area contributed by atoms with Gasteiger partial charge in [-0.25, -0.2) is 0 Å². The predicted octanol–water partition coefficient (Wildman–Crippen LogP) is 9.18. The van der Waals surface area contributed by atoms with Gasteiger partial charge < -0.3 is 0 Å². The van der Waals surface area contributed by atoms with Crippen molar-refractivity contribution in [3.8, 4) is 0 Å². The number of hydrogen-bond acceptors (Lipinski definition) is 0. The van der Waals surface area contributed by atoms with Gasteiger partial charge in [0, 0.05) is 9.50 Å². The van der Waals surface area contributed by atoms with Crippen molar-refractivity contribution < 1.29 is 0 Å². The van der Waals surface area contributed by atoms with Crippen LogP contribution in [0.3, 0.4) is 0 Å². The van der Waals surface area contributed by atoms with Gasteiger partial charge in [-0.15, -0.1) is 0 Å². The fraction of sp³-hybridized carbons (Fsp3) is 0.308. The van der Waals surface area contributed by atoms with E-state index in [0.717, 1.165) is 17.9 Å². The second-order valence-corrected chi connectivity index (χ2v) is 10.4. The highest BCUT2D eigenvalue weighted by Gasteiger charge is 2.35. The lowest BCUT2D eigenvalue weighted by molar-refractivity contribution is 0.236. The van der Waals surface area contributed by atoms with E-state index in [-0.39, 0.29) is 0 Å². The van der Waals surface area contributed by atoms with Crippen LogP contribution in [0, 0.1) is 11.8 Å². The number of rotatable bonds is 3. The maximum absolute atomic E-state index is 6.64. The molecule has 0 aliphatic heterocycles. The smallest absolute Gasteiger partial charge is 0.0440 e. The molecule has 1 saturated carbocycles. The lowest BCUT2D eigenvalue weighted by Crippen LogP contribution is -2.26. The minimum Gasteiger partial charge on any atom is -0.0840 e. The van der Waals surface area contributed by atoms with Gasteiger partial charge in [-0.05, 0) is 77.1 Å². The monoisotopic (exact) mass is 530 g/mol. The van der Waals surface area contributed by atoms with Crippen molar-refractivity contribution in [2.24, 2.45) is 11.8 Å². The summed E-state index contributed by atoms with van der Waals surface area (Å²) in [5.74, 6) is 2.16. The summed E-state index contributed by atoms with van der Waals surface area (Å²) in [5, 5.41) is 0.904. The third kappa shape index (κ3) is 5.16. The number of halogens is 3. The zero-order chi connectivity index (χ0) is 20.2. The van der Waals surface area contributed by atoms with E-state index in [1.165, 1.54) is 32.9 Å². The quantitative estimate of drug-likeness (QED) is 0.370. The van der Waals surface area contributed by atoms with Crippen LogP contribution < -0.4 is 0 Å². The van der Waals surface area contributed by atoms with Crippen LogP contribution in [0.4, 0.5) is 0 Å². The molecule has 0 saturated heterocycles. The zero-order valence-corrected chi connectivity index (χ0v) is 20.2. The summed E-state index contributed by atoms with van der Waals surface area (Å²) in [4.78, 5) is 0. The summed E-state index contributed by atoms with van der Waals surface area (Å²) in [6.07, 6.45) is 15.6. The first kappa shape index (κ1) is 21.2. The maximum atomic E-state index is 6.64. The van der Waals surface area contributed by atoms with Crippen molar-refractivity contribution in [3.63, 3.8) is 0 Å². The van der Waals surface area contributed by atoms with E-state index in [1.54, 1.807) is 0 Å². The molecule has 2 aromatic rings. The molecular weight excluding hydrogens is 508 g/mol. The topological polar surface area (TPSA) is 0 Å². The average Bonchev–Trinajstić information content (AvgIpc) is 2.71. The van der Waals surface area contributed by atoms with Gasteiger partial charge in [0.15, 0.2) is 0 Å². The van der Waals surface area contributed by atoms with Gasteiger partial charge in [0.1, 0.15) is 0 Å². The van der Waals surface area contributed by atoms with E-state index in [2.05, 4.69) is 98.6 Å². The van der Waals surface area contributed by atoms with Crippen LogP contribution in [0.1, 0.15) is 48.6 Å². The summed E-state index contributed by atoms with van der Waals surface area (Å²) >= 11 is 14.2. The Balaban J connectivity index is 1.68. The molecule has 2 aliphatic rings. The summed E-state index contributed by atoms with van der Waals surface area (Å²) in [7, 11) is 0. The molecule has 0 spiro atoms. The van der Waals surface area contributed by atoms with Gasteiger partial charge in [-0.3, -0.25) is 0 Å². The molecule has 0 heterocycles. The first-order valence-corrected chi connectivity index (χ1v) is 12.3.